The third kappa shape index (κ3) is 3.17. The third-order valence-corrected chi connectivity index (χ3v) is 5.62. The van der Waals surface area contributed by atoms with E-state index in [0.29, 0.717) is 0 Å². The summed E-state index contributed by atoms with van der Waals surface area (Å²) in [6.07, 6.45) is -0.00289. The number of sulfonamides is 1. The maximum atomic E-state index is 13.9. The van der Waals surface area contributed by atoms with Crippen molar-refractivity contribution in [1.29, 1.82) is 5.26 Å². The Bertz CT molecular complexity index is 645. The van der Waals surface area contributed by atoms with E-state index in [-0.39, 0.29) is 28.1 Å². The Balaban J connectivity index is 3.35. The van der Waals surface area contributed by atoms with Crippen LogP contribution < -0.4 is 5.73 Å². The molecule has 0 aliphatic rings. The molecule has 0 saturated heterocycles. The summed E-state index contributed by atoms with van der Waals surface area (Å²) in [5.74, 6) is -1.07. The van der Waals surface area contributed by atoms with Crippen LogP contribution in [0.15, 0.2) is 15.4 Å². The van der Waals surface area contributed by atoms with Crippen LogP contribution in [0, 0.1) is 17.1 Å². The molecular formula is C10H10BrClFN3O2S. The number of halogens is 3. The van der Waals surface area contributed by atoms with Crippen LogP contribution in [0.3, 0.4) is 0 Å². The van der Waals surface area contributed by atoms with Crippen molar-refractivity contribution in [3.63, 3.8) is 0 Å². The minimum absolute atomic E-state index is 0.00289. The molecule has 0 bridgehead atoms. The lowest BCUT2D eigenvalue weighted by Crippen LogP contribution is -2.28. The number of nitrogens with zero attached hydrogens (tertiary/aromatic N) is 2. The summed E-state index contributed by atoms with van der Waals surface area (Å²) in [5, 5.41) is 8.43. The quantitative estimate of drug-likeness (QED) is 0.651. The molecule has 0 fully saturated rings. The molecule has 0 saturated carbocycles. The molecule has 1 aromatic carbocycles. The summed E-state index contributed by atoms with van der Waals surface area (Å²) in [7, 11) is -2.83. The van der Waals surface area contributed by atoms with Crippen LogP contribution in [0.5, 0.6) is 0 Å². The Labute approximate surface area is 123 Å². The number of rotatable bonds is 4. The molecule has 0 spiro atoms. The van der Waals surface area contributed by atoms with Gasteiger partial charge < -0.3 is 5.73 Å². The fraction of sp³-hybridized carbons (Fsp3) is 0.300. The number of nitrogen functional groups attached to an aromatic ring is 1. The summed E-state index contributed by atoms with van der Waals surface area (Å²) >= 11 is 8.74. The topological polar surface area (TPSA) is 87.2 Å². The predicted molar refractivity (Wildman–Crippen MR) is 73.6 cm³/mol. The van der Waals surface area contributed by atoms with Crippen molar-refractivity contribution in [3.05, 3.63) is 21.4 Å². The van der Waals surface area contributed by atoms with Crippen molar-refractivity contribution in [2.24, 2.45) is 0 Å². The van der Waals surface area contributed by atoms with Gasteiger partial charge in [0.25, 0.3) is 0 Å². The molecule has 0 unspecified atom stereocenters. The zero-order valence-corrected chi connectivity index (χ0v) is 13.0. The van der Waals surface area contributed by atoms with Crippen LogP contribution in [0.4, 0.5) is 10.1 Å². The molecule has 19 heavy (non-hydrogen) atoms. The standard InChI is InChI=1S/C10H10BrClFN3O2S/c1-16(4-2-3-14)19(17,18)7-5-6(12)8(11)10(15)9(7)13/h5H,2,4,15H2,1H3. The minimum atomic E-state index is -4.08. The Kier molecular flexibility index (Phi) is 5.15. The Morgan fingerprint density at radius 3 is 2.74 bits per heavy atom. The number of nitriles is 1. The van der Waals surface area contributed by atoms with E-state index in [9.17, 15) is 12.8 Å². The van der Waals surface area contributed by atoms with E-state index in [1.807, 2.05) is 6.07 Å². The molecule has 0 atom stereocenters. The second-order valence-electron chi connectivity index (χ2n) is 3.63. The maximum Gasteiger partial charge on any atom is 0.245 e. The number of benzene rings is 1. The highest BCUT2D eigenvalue weighted by atomic mass is 79.9. The van der Waals surface area contributed by atoms with Crippen molar-refractivity contribution < 1.29 is 12.8 Å². The summed E-state index contributed by atoms with van der Waals surface area (Å²) < 4.78 is 39.2. The van der Waals surface area contributed by atoms with E-state index < -0.39 is 20.7 Å². The van der Waals surface area contributed by atoms with Gasteiger partial charge in [0.05, 0.1) is 21.3 Å². The summed E-state index contributed by atoms with van der Waals surface area (Å²) in [4.78, 5) is -0.612. The van der Waals surface area contributed by atoms with Crippen molar-refractivity contribution in [3.8, 4) is 6.07 Å². The van der Waals surface area contributed by atoms with Crippen molar-refractivity contribution in [2.75, 3.05) is 19.3 Å². The lowest BCUT2D eigenvalue weighted by Gasteiger charge is -2.17. The molecule has 5 nitrogen and oxygen atoms in total. The van der Waals surface area contributed by atoms with Crippen LogP contribution in [-0.2, 0) is 10.0 Å². The van der Waals surface area contributed by atoms with Gasteiger partial charge in [0.1, 0.15) is 4.90 Å². The Hall–Kier alpha value is -0.880. The monoisotopic (exact) mass is 369 g/mol. The SMILES string of the molecule is CN(CCC#N)S(=O)(=O)c1cc(Cl)c(Br)c(N)c1F. The van der Waals surface area contributed by atoms with Gasteiger partial charge >= 0.3 is 0 Å². The average Bonchev–Trinajstić information content (AvgIpc) is 2.37. The average molecular weight is 371 g/mol. The highest BCUT2D eigenvalue weighted by Crippen LogP contribution is 2.35. The number of nitrogens with two attached hydrogens (primary N) is 1. The van der Waals surface area contributed by atoms with Gasteiger partial charge in [-0.05, 0) is 22.0 Å². The first-order valence-corrected chi connectivity index (χ1v) is 7.60. The highest BCUT2D eigenvalue weighted by Gasteiger charge is 2.27. The molecule has 2 N–H and O–H groups in total. The van der Waals surface area contributed by atoms with E-state index in [1.54, 1.807) is 0 Å². The summed E-state index contributed by atoms with van der Waals surface area (Å²) in [5.41, 5.74) is 5.06. The fourth-order valence-electron chi connectivity index (χ4n) is 1.28. The molecule has 104 valence electrons. The van der Waals surface area contributed by atoms with E-state index in [1.165, 1.54) is 7.05 Å². The second-order valence-corrected chi connectivity index (χ2v) is 6.85. The first-order chi connectivity index (χ1) is 8.73. The van der Waals surface area contributed by atoms with Gasteiger partial charge in [-0.25, -0.2) is 12.8 Å². The van der Waals surface area contributed by atoms with Crippen LogP contribution in [-0.4, -0.2) is 26.3 Å². The molecule has 0 aliphatic carbocycles. The van der Waals surface area contributed by atoms with Gasteiger partial charge in [0, 0.05) is 20.0 Å². The fourth-order valence-corrected chi connectivity index (χ4v) is 3.12. The van der Waals surface area contributed by atoms with Crippen LogP contribution >= 0.6 is 27.5 Å². The van der Waals surface area contributed by atoms with Crippen molar-refractivity contribution in [2.45, 2.75) is 11.3 Å². The maximum absolute atomic E-state index is 13.9. The lowest BCUT2D eigenvalue weighted by molar-refractivity contribution is 0.469. The van der Waals surface area contributed by atoms with Gasteiger partial charge in [0.2, 0.25) is 10.0 Å². The van der Waals surface area contributed by atoms with Crippen LogP contribution in [0.2, 0.25) is 5.02 Å². The molecule has 0 amide bonds. The molecular weight excluding hydrogens is 361 g/mol. The normalized spacial score (nSPS) is 11.6. The van der Waals surface area contributed by atoms with E-state index in [4.69, 9.17) is 22.6 Å². The molecule has 1 rings (SSSR count). The molecule has 9 heteroatoms. The molecule has 0 aromatic heterocycles. The smallest absolute Gasteiger partial charge is 0.245 e. The minimum Gasteiger partial charge on any atom is -0.395 e. The Morgan fingerprint density at radius 2 is 2.21 bits per heavy atom. The number of hydrogen-bond acceptors (Lipinski definition) is 4. The molecule has 0 heterocycles. The largest absolute Gasteiger partial charge is 0.395 e. The lowest BCUT2D eigenvalue weighted by atomic mass is 10.3. The zero-order chi connectivity index (χ0) is 14.8. The van der Waals surface area contributed by atoms with Crippen LogP contribution in [0.25, 0.3) is 0 Å². The first-order valence-electron chi connectivity index (χ1n) is 4.99. The second kappa shape index (κ2) is 6.05. The van der Waals surface area contributed by atoms with E-state index in [0.717, 1.165) is 10.4 Å². The highest BCUT2D eigenvalue weighted by molar-refractivity contribution is 9.10. The van der Waals surface area contributed by atoms with Crippen molar-refractivity contribution in [1.82, 2.24) is 4.31 Å². The molecule has 1 aromatic rings. The van der Waals surface area contributed by atoms with Crippen molar-refractivity contribution >= 4 is 43.2 Å². The summed E-state index contributed by atoms with van der Waals surface area (Å²) in [6.45, 7) is -0.0497. The number of hydrogen-bond donors (Lipinski definition) is 1. The summed E-state index contributed by atoms with van der Waals surface area (Å²) in [6, 6.07) is 2.79. The first kappa shape index (κ1) is 16.2. The zero-order valence-electron chi connectivity index (χ0n) is 9.82. The van der Waals surface area contributed by atoms with E-state index >= 15 is 0 Å². The molecule has 0 radical (unpaired) electrons. The van der Waals surface area contributed by atoms with Gasteiger partial charge in [0.15, 0.2) is 5.82 Å². The van der Waals surface area contributed by atoms with Crippen LogP contribution in [0.1, 0.15) is 6.42 Å². The van der Waals surface area contributed by atoms with E-state index in [2.05, 4.69) is 15.9 Å². The number of anilines is 1. The van der Waals surface area contributed by atoms with Gasteiger partial charge in [-0.3, -0.25) is 0 Å². The van der Waals surface area contributed by atoms with Gasteiger partial charge in [-0.1, -0.05) is 11.6 Å². The van der Waals surface area contributed by atoms with Gasteiger partial charge in [-0.15, -0.1) is 0 Å². The Morgan fingerprint density at radius 1 is 1.63 bits per heavy atom. The predicted octanol–water partition coefficient (Wildman–Crippen LogP) is 2.36. The third-order valence-electron chi connectivity index (χ3n) is 2.38. The molecule has 0 aliphatic heterocycles. The van der Waals surface area contributed by atoms with Gasteiger partial charge in [-0.2, -0.15) is 9.57 Å².